The van der Waals surface area contributed by atoms with E-state index in [2.05, 4.69) is 37.3 Å². The molecule has 0 bridgehead atoms. The van der Waals surface area contributed by atoms with Gasteiger partial charge in [0.05, 0.1) is 12.2 Å². The van der Waals surface area contributed by atoms with Gasteiger partial charge in [0.1, 0.15) is 0 Å². The van der Waals surface area contributed by atoms with Crippen LogP contribution in [0.25, 0.3) is 0 Å². The average Bonchev–Trinajstić information content (AvgIpc) is 2.55. The van der Waals surface area contributed by atoms with E-state index in [1.807, 2.05) is 4.90 Å². The quantitative estimate of drug-likeness (QED) is 0.701. The van der Waals surface area contributed by atoms with Gasteiger partial charge in [-0.2, -0.15) is 0 Å². The molecular formula is C19H29NO2. The number of unbranched alkanes of at least 4 members (excludes halogenated alkanes) is 2. The fraction of sp³-hybridized carbons (Fsp3) is 0.632. The number of nitrogens with zero attached hydrogens (tertiary/aromatic N) is 1. The first-order valence-corrected chi connectivity index (χ1v) is 8.66. The molecule has 0 aliphatic carbocycles. The lowest BCUT2D eigenvalue weighted by Gasteiger charge is -2.33. The first kappa shape index (κ1) is 17.0. The number of rotatable bonds is 7. The highest BCUT2D eigenvalue weighted by molar-refractivity contribution is 5.73. The van der Waals surface area contributed by atoms with Gasteiger partial charge in [-0.15, -0.1) is 0 Å². The molecule has 1 aromatic carbocycles. The number of hydrogen-bond donors (Lipinski definition) is 0. The maximum absolute atomic E-state index is 11.4. The molecule has 1 aliphatic heterocycles. The summed E-state index contributed by atoms with van der Waals surface area (Å²) in [6.07, 6.45) is 7.18. The number of ether oxygens (including phenoxy) is 1. The minimum Gasteiger partial charge on any atom is -0.370 e. The highest BCUT2D eigenvalue weighted by Gasteiger charge is 2.24. The van der Waals surface area contributed by atoms with Gasteiger partial charge in [0.2, 0.25) is 5.91 Å². The van der Waals surface area contributed by atoms with Crippen molar-refractivity contribution in [3.63, 3.8) is 0 Å². The second-order valence-corrected chi connectivity index (χ2v) is 6.24. The maximum Gasteiger partial charge on any atom is 0.219 e. The fourth-order valence-electron chi connectivity index (χ4n) is 3.10. The van der Waals surface area contributed by atoms with Crippen molar-refractivity contribution in [1.29, 1.82) is 0 Å². The third kappa shape index (κ3) is 5.13. The minimum absolute atomic E-state index is 0.181. The van der Waals surface area contributed by atoms with Gasteiger partial charge >= 0.3 is 0 Å². The summed E-state index contributed by atoms with van der Waals surface area (Å²) in [5.41, 5.74) is 1.28. The van der Waals surface area contributed by atoms with E-state index in [0.29, 0.717) is 0 Å². The molecule has 0 saturated carbocycles. The predicted molar refractivity (Wildman–Crippen MR) is 89.7 cm³/mol. The molecule has 1 fully saturated rings. The second-order valence-electron chi connectivity index (χ2n) is 6.24. The van der Waals surface area contributed by atoms with Crippen LogP contribution >= 0.6 is 0 Å². The second kappa shape index (κ2) is 8.94. The number of carbonyl (C=O) groups excluding carboxylic acids is 1. The Morgan fingerprint density at radius 1 is 1.23 bits per heavy atom. The maximum atomic E-state index is 11.4. The zero-order valence-electron chi connectivity index (χ0n) is 14.0. The Morgan fingerprint density at radius 2 is 1.91 bits per heavy atom. The van der Waals surface area contributed by atoms with E-state index >= 15 is 0 Å². The molecule has 1 aliphatic rings. The molecule has 1 saturated heterocycles. The van der Waals surface area contributed by atoms with E-state index in [1.165, 1.54) is 24.8 Å². The molecule has 1 atom stereocenters. The van der Waals surface area contributed by atoms with Crippen molar-refractivity contribution in [3.05, 3.63) is 35.9 Å². The zero-order valence-corrected chi connectivity index (χ0v) is 14.0. The molecule has 22 heavy (non-hydrogen) atoms. The van der Waals surface area contributed by atoms with Crippen LogP contribution in [0.1, 0.15) is 64.0 Å². The van der Waals surface area contributed by atoms with E-state index in [0.717, 1.165) is 32.4 Å². The van der Waals surface area contributed by atoms with Crippen LogP contribution in [0.2, 0.25) is 0 Å². The summed E-state index contributed by atoms with van der Waals surface area (Å²) in [7, 11) is 0. The van der Waals surface area contributed by atoms with E-state index in [4.69, 9.17) is 4.74 Å². The van der Waals surface area contributed by atoms with Gasteiger partial charge in [0.25, 0.3) is 0 Å². The number of benzene rings is 1. The van der Waals surface area contributed by atoms with Crippen molar-refractivity contribution in [3.8, 4) is 0 Å². The monoisotopic (exact) mass is 303 g/mol. The predicted octanol–water partition coefficient (Wildman–Crippen LogP) is 4.34. The van der Waals surface area contributed by atoms with Crippen LogP contribution in [-0.2, 0) is 9.53 Å². The van der Waals surface area contributed by atoms with Crippen molar-refractivity contribution in [2.75, 3.05) is 13.1 Å². The average molecular weight is 303 g/mol. The Hall–Kier alpha value is -1.35. The molecule has 3 heteroatoms. The van der Waals surface area contributed by atoms with Crippen LogP contribution in [0.3, 0.4) is 0 Å². The molecule has 1 aromatic rings. The molecule has 0 aromatic heterocycles. The topological polar surface area (TPSA) is 29.5 Å². The van der Waals surface area contributed by atoms with Crippen LogP contribution in [0.5, 0.6) is 0 Å². The highest BCUT2D eigenvalue weighted by Crippen LogP contribution is 2.28. The fourth-order valence-corrected chi connectivity index (χ4v) is 3.10. The summed E-state index contributed by atoms with van der Waals surface area (Å²) >= 11 is 0. The minimum atomic E-state index is 0.181. The summed E-state index contributed by atoms with van der Waals surface area (Å²) < 4.78 is 6.41. The third-order valence-corrected chi connectivity index (χ3v) is 4.49. The van der Waals surface area contributed by atoms with Crippen molar-refractivity contribution >= 4 is 5.91 Å². The first-order valence-electron chi connectivity index (χ1n) is 8.66. The largest absolute Gasteiger partial charge is 0.370 e. The van der Waals surface area contributed by atoms with E-state index in [-0.39, 0.29) is 18.1 Å². The van der Waals surface area contributed by atoms with Crippen LogP contribution < -0.4 is 0 Å². The lowest BCUT2D eigenvalue weighted by molar-refractivity contribution is -0.132. The van der Waals surface area contributed by atoms with Crippen LogP contribution in [0.15, 0.2) is 30.3 Å². The Kier molecular flexibility index (Phi) is 6.91. The Morgan fingerprint density at radius 3 is 2.50 bits per heavy atom. The molecule has 1 amide bonds. The highest BCUT2D eigenvalue weighted by atomic mass is 16.5. The molecule has 1 unspecified atom stereocenters. The lowest BCUT2D eigenvalue weighted by atomic mass is 10.0. The SMILES string of the molecule is CCCCCC(OC1CCN(C(C)=O)CC1)c1ccccc1. The normalized spacial score (nSPS) is 17.5. The summed E-state index contributed by atoms with van der Waals surface area (Å²) in [6, 6.07) is 10.6. The molecular weight excluding hydrogens is 274 g/mol. The third-order valence-electron chi connectivity index (χ3n) is 4.49. The first-order chi connectivity index (χ1) is 10.7. The van der Waals surface area contributed by atoms with E-state index in [1.54, 1.807) is 6.92 Å². The van der Waals surface area contributed by atoms with Gasteiger partial charge in [-0.05, 0) is 24.8 Å². The summed E-state index contributed by atoms with van der Waals surface area (Å²) in [5, 5.41) is 0. The van der Waals surface area contributed by atoms with E-state index < -0.39 is 0 Å². The van der Waals surface area contributed by atoms with Crippen LogP contribution in [0.4, 0.5) is 0 Å². The molecule has 0 spiro atoms. The van der Waals surface area contributed by atoms with Gasteiger partial charge in [0.15, 0.2) is 0 Å². The van der Waals surface area contributed by atoms with E-state index in [9.17, 15) is 4.79 Å². The molecule has 1 heterocycles. The number of carbonyl (C=O) groups is 1. The zero-order chi connectivity index (χ0) is 15.8. The number of amides is 1. The van der Waals surface area contributed by atoms with Crippen molar-refractivity contribution in [1.82, 2.24) is 4.90 Å². The number of hydrogen-bond acceptors (Lipinski definition) is 2. The standard InChI is InChI=1S/C19H29NO2/c1-3-4-6-11-19(17-9-7-5-8-10-17)22-18-12-14-20(15-13-18)16(2)21/h5,7-10,18-19H,3-4,6,11-15H2,1-2H3. The Bertz CT molecular complexity index is 438. The Balaban J connectivity index is 1.91. The molecule has 3 nitrogen and oxygen atoms in total. The van der Waals surface area contributed by atoms with Crippen molar-refractivity contribution in [2.24, 2.45) is 0 Å². The molecule has 122 valence electrons. The van der Waals surface area contributed by atoms with Gasteiger partial charge < -0.3 is 9.64 Å². The lowest BCUT2D eigenvalue weighted by Crippen LogP contribution is -2.40. The van der Waals surface area contributed by atoms with Gasteiger partial charge in [-0.25, -0.2) is 0 Å². The summed E-state index contributed by atoms with van der Waals surface area (Å²) in [6.45, 7) is 5.54. The number of piperidine rings is 1. The Labute approximate surface area is 134 Å². The van der Waals surface area contributed by atoms with Gasteiger partial charge in [-0.1, -0.05) is 56.5 Å². The van der Waals surface area contributed by atoms with Crippen LogP contribution in [0, 0.1) is 0 Å². The molecule has 0 radical (unpaired) electrons. The summed E-state index contributed by atoms with van der Waals surface area (Å²) in [4.78, 5) is 13.3. The molecule has 2 rings (SSSR count). The number of likely N-dealkylation sites (tertiary alicyclic amines) is 1. The van der Waals surface area contributed by atoms with Gasteiger partial charge in [0, 0.05) is 20.0 Å². The van der Waals surface area contributed by atoms with Crippen molar-refractivity contribution in [2.45, 2.75) is 64.6 Å². The van der Waals surface area contributed by atoms with Crippen molar-refractivity contribution < 1.29 is 9.53 Å². The summed E-state index contributed by atoms with van der Waals surface area (Å²) in [5.74, 6) is 0.181. The smallest absolute Gasteiger partial charge is 0.219 e. The van der Waals surface area contributed by atoms with Crippen LogP contribution in [-0.4, -0.2) is 30.0 Å². The van der Waals surface area contributed by atoms with Gasteiger partial charge in [-0.3, -0.25) is 4.79 Å². The molecule has 0 N–H and O–H groups in total.